The van der Waals surface area contributed by atoms with Crippen LogP contribution < -0.4 is 0 Å². The van der Waals surface area contributed by atoms with E-state index in [2.05, 4.69) is 43.6 Å². The van der Waals surface area contributed by atoms with Gasteiger partial charge in [0, 0.05) is 11.5 Å². The minimum atomic E-state index is 0.714. The van der Waals surface area contributed by atoms with Crippen molar-refractivity contribution in [2.75, 3.05) is 0 Å². The van der Waals surface area contributed by atoms with E-state index < -0.39 is 0 Å². The molecule has 0 atom stereocenters. The predicted octanol–water partition coefficient (Wildman–Crippen LogP) is 4.03. The molecule has 0 N–H and O–H groups in total. The second-order valence-electron chi connectivity index (χ2n) is 2.98. The Bertz CT molecular complexity index is 484. The molecule has 5 heteroatoms. The van der Waals surface area contributed by atoms with Gasteiger partial charge in [-0.1, -0.05) is 39.7 Å². The largest absolute Gasteiger partial charge is 0.238 e. The highest BCUT2D eigenvalue weighted by molar-refractivity contribution is 14.1. The van der Waals surface area contributed by atoms with Crippen molar-refractivity contribution in [3.63, 3.8) is 0 Å². The summed E-state index contributed by atoms with van der Waals surface area (Å²) in [5, 5.41) is 5.74. The van der Waals surface area contributed by atoms with Crippen molar-refractivity contribution in [3.05, 3.63) is 44.7 Å². The maximum atomic E-state index is 6.17. The molecule has 1 heterocycles. The molecule has 0 aliphatic heterocycles. The Balaban J connectivity index is 2.60. The summed E-state index contributed by atoms with van der Waals surface area (Å²) in [6.45, 7) is 0. The normalized spacial score (nSPS) is 10.6. The fourth-order valence-corrected chi connectivity index (χ4v) is 2.47. The SMILES string of the molecule is Clc1cccc(CBr)c1-n1cc(I)cn1. The average Bonchev–Trinajstić information content (AvgIpc) is 2.64. The highest BCUT2D eigenvalue weighted by atomic mass is 127. The fraction of sp³-hybridized carbons (Fsp3) is 0.100. The zero-order valence-electron chi connectivity index (χ0n) is 7.62. The van der Waals surface area contributed by atoms with Crippen LogP contribution in [0, 0.1) is 3.57 Å². The number of alkyl halides is 1. The van der Waals surface area contributed by atoms with Crippen molar-refractivity contribution < 1.29 is 0 Å². The molecule has 0 amide bonds. The predicted molar refractivity (Wildman–Crippen MR) is 73.9 cm³/mol. The molecule has 78 valence electrons. The minimum Gasteiger partial charge on any atom is -0.238 e. The van der Waals surface area contributed by atoms with Gasteiger partial charge in [-0.3, -0.25) is 0 Å². The van der Waals surface area contributed by atoms with E-state index >= 15 is 0 Å². The van der Waals surface area contributed by atoms with Crippen LogP contribution in [0.3, 0.4) is 0 Å². The number of para-hydroxylation sites is 1. The molecule has 0 aliphatic rings. The van der Waals surface area contributed by atoms with Crippen LogP contribution >= 0.6 is 50.1 Å². The van der Waals surface area contributed by atoms with Crippen LogP contribution in [0.15, 0.2) is 30.6 Å². The molecule has 2 rings (SSSR count). The first-order chi connectivity index (χ1) is 7.22. The van der Waals surface area contributed by atoms with E-state index in [0.717, 1.165) is 20.2 Å². The van der Waals surface area contributed by atoms with Crippen molar-refractivity contribution in [2.45, 2.75) is 5.33 Å². The average molecular weight is 397 g/mol. The van der Waals surface area contributed by atoms with Crippen LogP contribution in [-0.4, -0.2) is 9.78 Å². The standard InChI is InChI=1S/C10H7BrClIN2/c11-4-7-2-1-3-9(12)10(7)15-6-8(13)5-14-15/h1-3,5-6H,4H2. The molecular weight excluding hydrogens is 390 g/mol. The molecule has 0 fully saturated rings. The van der Waals surface area contributed by atoms with Gasteiger partial charge < -0.3 is 0 Å². The highest BCUT2D eigenvalue weighted by Crippen LogP contribution is 2.26. The van der Waals surface area contributed by atoms with Crippen LogP contribution in [0.1, 0.15) is 5.56 Å². The Morgan fingerprint density at radius 1 is 1.47 bits per heavy atom. The maximum absolute atomic E-state index is 6.17. The second kappa shape index (κ2) is 4.84. The Hall–Kier alpha value is -0.0700. The molecule has 2 nitrogen and oxygen atoms in total. The Morgan fingerprint density at radius 2 is 2.27 bits per heavy atom. The van der Waals surface area contributed by atoms with E-state index in [4.69, 9.17) is 11.6 Å². The first-order valence-electron chi connectivity index (χ1n) is 4.26. The molecule has 1 aromatic carbocycles. The number of hydrogen-bond acceptors (Lipinski definition) is 1. The zero-order valence-corrected chi connectivity index (χ0v) is 12.1. The molecule has 1 aromatic heterocycles. The van der Waals surface area contributed by atoms with Gasteiger partial charge in [0.2, 0.25) is 0 Å². The molecule has 0 saturated carbocycles. The summed E-state index contributed by atoms with van der Waals surface area (Å²) in [7, 11) is 0. The Morgan fingerprint density at radius 3 is 2.87 bits per heavy atom. The third-order valence-electron chi connectivity index (χ3n) is 1.99. The minimum absolute atomic E-state index is 0.714. The zero-order chi connectivity index (χ0) is 10.8. The van der Waals surface area contributed by atoms with E-state index in [-0.39, 0.29) is 0 Å². The Kier molecular flexibility index (Phi) is 3.69. The lowest BCUT2D eigenvalue weighted by Crippen LogP contribution is -1.99. The maximum Gasteiger partial charge on any atom is 0.0872 e. The van der Waals surface area contributed by atoms with Crippen molar-refractivity contribution >= 4 is 50.1 Å². The summed E-state index contributed by atoms with van der Waals surface area (Å²) in [5.74, 6) is 0. The monoisotopic (exact) mass is 396 g/mol. The van der Waals surface area contributed by atoms with Gasteiger partial charge in [-0.25, -0.2) is 4.68 Å². The van der Waals surface area contributed by atoms with Crippen molar-refractivity contribution in [1.82, 2.24) is 9.78 Å². The van der Waals surface area contributed by atoms with Gasteiger partial charge in [0.1, 0.15) is 0 Å². The van der Waals surface area contributed by atoms with E-state index in [0.29, 0.717) is 5.02 Å². The molecule has 0 unspecified atom stereocenters. The summed E-state index contributed by atoms with van der Waals surface area (Å²) in [6, 6.07) is 5.85. The van der Waals surface area contributed by atoms with Crippen LogP contribution in [0.5, 0.6) is 0 Å². The van der Waals surface area contributed by atoms with Crippen LogP contribution in [0.4, 0.5) is 0 Å². The van der Waals surface area contributed by atoms with Crippen molar-refractivity contribution in [2.24, 2.45) is 0 Å². The number of halogens is 3. The molecule has 0 radical (unpaired) electrons. The van der Waals surface area contributed by atoms with Gasteiger partial charge in [0.25, 0.3) is 0 Å². The number of nitrogens with zero attached hydrogens (tertiary/aromatic N) is 2. The molecular formula is C10H7BrClIN2. The van der Waals surface area contributed by atoms with Gasteiger partial charge in [-0.05, 0) is 34.2 Å². The van der Waals surface area contributed by atoms with Gasteiger partial charge in [-0.2, -0.15) is 5.10 Å². The first-order valence-corrected chi connectivity index (χ1v) is 6.84. The molecule has 2 aromatic rings. The van der Waals surface area contributed by atoms with Gasteiger partial charge in [-0.15, -0.1) is 0 Å². The number of hydrogen-bond donors (Lipinski definition) is 0. The van der Waals surface area contributed by atoms with Crippen molar-refractivity contribution in [3.8, 4) is 5.69 Å². The van der Waals surface area contributed by atoms with Crippen LogP contribution in [-0.2, 0) is 5.33 Å². The molecule has 0 spiro atoms. The number of benzene rings is 1. The molecule has 0 bridgehead atoms. The number of aromatic nitrogens is 2. The summed E-state index contributed by atoms with van der Waals surface area (Å²) < 4.78 is 2.90. The highest BCUT2D eigenvalue weighted by Gasteiger charge is 2.09. The van der Waals surface area contributed by atoms with E-state index in [1.165, 1.54) is 0 Å². The molecule has 0 aliphatic carbocycles. The number of rotatable bonds is 2. The summed E-state index contributed by atoms with van der Waals surface area (Å²) in [6.07, 6.45) is 3.76. The van der Waals surface area contributed by atoms with Crippen LogP contribution in [0.25, 0.3) is 5.69 Å². The lowest BCUT2D eigenvalue weighted by atomic mass is 10.2. The van der Waals surface area contributed by atoms with E-state index in [1.54, 1.807) is 4.68 Å². The lowest BCUT2D eigenvalue weighted by molar-refractivity contribution is 0.872. The third kappa shape index (κ3) is 2.37. The fourth-order valence-electron chi connectivity index (χ4n) is 1.35. The smallest absolute Gasteiger partial charge is 0.0872 e. The van der Waals surface area contributed by atoms with Crippen molar-refractivity contribution in [1.29, 1.82) is 0 Å². The van der Waals surface area contributed by atoms with Gasteiger partial charge in [0.05, 0.1) is 20.5 Å². The van der Waals surface area contributed by atoms with Crippen LogP contribution in [0.2, 0.25) is 5.02 Å². The van der Waals surface area contributed by atoms with Gasteiger partial charge >= 0.3 is 0 Å². The quantitative estimate of drug-likeness (QED) is 0.553. The van der Waals surface area contributed by atoms with E-state index in [9.17, 15) is 0 Å². The summed E-state index contributed by atoms with van der Waals surface area (Å²) in [5.41, 5.74) is 2.07. The molecule has 15 heavy (non-hydrogen) atoms. The molecule has 0 saturated heterocycles. The first kappa shape index (κ1) is 11.4. The third-order valence-corrected chi connectivity index (χ3v) is 3.46. The summed E-state index contributed by atoms with van der Waals surface area (Å²) >= 11 is 11.8. The topological polar surface area (TPSA) is 17.8 Å². The van der Waals surface area contributed by atoms with Gasteiger partial charge in [0.15, 0.2) is 0 Å². The second-order valence-corrected chi connectivity index (χ2v) is 5.20. The Labute approximate surface area is 115 Å². The van der Waals surface area contributed by atoms with E-state index in [1.807, 2.05) is 30.6 Å². The summed E-state index contributed by atoms with van der Waals surface area (Å²) in [4.78, 5) is 0. The lowest BCUT2D eigenvalue weighted by Gasteiger charge is -2.08.